The third-order valence-electron chi connectivity index (χ3n) is 4.50. The van der Waals surface area contributed by atoms with Crippen LogP contribution in [0.5, 0.6) is 0 Å². The molecule has 1 atom stereocenters. The molecule has 0 unspecified atom stereocenters. The van der Waals surface area contributed by atoms with Crippen molar-refractivity contribution in [3.05, 3.63) is 64.7 Å². The molecule has 2 aromatic carbocycles. The highest BCUT2D eigenvalue weighted by atomic mass is 35.5. The Balaban J connectivity index is 2.07. The average Bonchev–Trinajstić information content (AvgIpc) is 2.67. The van der Waals surface area contributed by atoms with Crippen LogP contribution >= 0.6 is 23.4 Å². The summed E-state index contributed by atoms with van der Waals surface area (Å²) in [6.45, 7) is 7.93. The second-order valence-corrected chi connectivity index (χ2v) is 8.94. The van der Waals surface area contributed by atoms with Crippen molar-refractivity contribution in [2.45, 2.75) is 57.6 Å². The fourth-order valence-corrected chi connectivity index (χ4v) is 3.87. The Morgan fingerprint density at radius 3 is 2.34 bits per heavy atom. The van der Waals surface area contributed by atoms with Crippen molar-refractivity contribution < 1.29 is 9.59 Å². The summed E-state index contributed by atoms with van der Waals surface area (Å²) < 4.78 is 0. The lowest BCUT2D eigenvalue weighted by Crippen LogP contribution is -2.49. The van der Waals surface area contributed by atoms with Gasteiger partial charge in [0, 0.05) is 34.7 Å². The van der Waals surface area contributed by atoms with Crippen molar-refractivity contribution in [3.8, 4) is 0 Å². The van der Waals surface area contributed by atoms with Crippen molar-refractivity contribution >= 4 is 35.2 Å². The third-order valence-corrected chi connectivity index (χ3v) is 5.88. The van der Waals surface area contributed by atoms with Crippen molar-refractivity contribution in [3.63, 3.8) is 0 Å². The van der Waals surface area contributed by atoms with Gasteiger partial charge in [-0.1, -0.05) is 47.5 Å². The van der Waals surface area contributed by atoms with Crippen LogP contribution in [0, 0.1) is 6.92 Å². The smallest absolute Gasteiger partial charge is 0.242 e. The van der Waals surface area contributed by atoms with E-state index in [-0.39, 0.29) is 17.9 Å². The summed E-state index contributed by atoms with van der Waals surface area (Å²) in [6.07, 6.45) is 0.349. The zero-order chi connectivity index (χ0) is 21.4. The summed E-state index contributed by atoms with van der Waals surface area (Å²) >= 11 is 7.94. The minimum absolute atomic E-state index is 0.0132. The Kier molecular flexibility index (Phi) is 9.05. The molecule has 0 bridgehead atoms. The highest BCUT2D eigenvalue weighted by Gasteiger charge is 2.26. The summed E-state index contributed by atoms with van der Waals surface area (Å²) in [6, 6.07) is 15.1. The van der Waals surface area contributed by atoms with Crippen LogP contribution in [0.4, 0.5) is 0 Å². The number of nitrogens with zero attached hydrogens (tertiary/aromatic N) is 1. The number of hydrogen-bond acceptors (Lipinski definition) is 3. The molecule has 0 heterocycles. The van der Waals surface area contributed by atoms with E-state index >= 15 is 0 Å². The van der Waals surface area contributed by atoms with Gasteiger partial charge in [0.15, 0.2) is 0 Å². The molecule has 1 N–H and O–H groups in total. The molecule has 0 radical (unpaired) electrons. The maximum absolute atomic E-state index is 13.0. The number of amides is 2. The second-order valence-electron chi connectivity index (χ2n) is 7.36. The van der Waals surface area contributed by atoms with Crippen molar-refractivity contribution in [2.24, 2.45) is 0 Å². The number of rotatable bonds is 9. The van der Waals surface area contributed by atoms with Crippen LogP contribution in [-0.4, -0.2) is 34.6 Å². The summed E-state index contributed by atoms with van der Waals surface area (Å²) in [5.41, 5.74) is 2.04. The highest BCUT2D eigenvalue weighted by molar-refractivity contribution is 7.99. The standard InChI is InChI=1S/C23H29ClN2O2S/c1-16(2)25-23(28)18(4)26(15-19-7-5-6-8-21(19)24)22(27)13-14-29-20-11-9-17(3)10-12-20/h5-12,16,18H,13-15H2,1-4H3,(H,25,28)/t18-/m0/s1. The monoisotopic (exact) mass is 432 g/mol. The fraction of sp³-hybridized carbons (Fsp3) is 0.391. The molecule has 0 aliphatic carbocycles. The zero-order valence-electron chi connectivity index (χ0n) is 17.4. The van der Waals surface area contributed by atoms with Gasteiger partial charge in [-0.05, 0) is 51.5 Å². The molecule has 0 aliphatic heterocycles. The maximum atomic E-state index is 13.0. The Hall–Kier alpha value is -1.98. The van der Waals surface area contributed by atoms with Gasteiger partial charge in [-0.15, -0.1) is 11.8 Å². The predicted molar refractivity (Wildman–Crippen MR) is 121 cm³/mol. The van der Waals surface area contributed by atoms with Gasteiger partial charge in [-0.2, -0.15) is 0 Å². The van der Waals surface area contributed by atoms with Crippen LogP contribution in [0.3, 0.4) is 0 Å². The van der Waals surface area contributed by atoms with E-state index in [0.29, 0.717) is 23.7 Å². The number of aryl methyl sites for hydroxylation is 1. The molecule has 0 saturated carbocycles. The van der Waals surface area contributed by atoms with Crippen LogP contribution in [0.15, 0.2) is 53.4 Å². The first-order valence-electron chi connectivity index (χ1n) is 9.80. The highest BCUT2D eigenvalue weighted by Crippen LogP contribution is 2.22. The molecule has 2 rings (SSSR count). The Bertz CT molecular complexity index is 824. The lowest BCUT2D eigenvalue weighted by molar-refractivity contribution is -0.140. The van der Waals surface area contributed by atoms with Crippen LogP contribution in [0.25, 0.3) is 0 Å². The molecule has 0 aromatic heterocycles. The van der Waals surface area contributed by atoms with Gasteiger partial charge >= 0.3 is 0 Å². The first-order valence-corrected chi connectivity index (χ1v) is 11.2. The molecule has 0 spiro atoms. The van der Waals surface area contributed by atoms with E-state index in [0.717, 1.165) is 10.5 Å². The quantitative estimate of drug-likeness (QED) is 0.562. The molecule has 2 amide bonds. The van der Waals surface area contributed by atoms with Gasteiger partial charge in [0.25, 0.3) is 0 Å². The van der Waals surface area contributed by atoms with Gasteiger partial charge in [0.2, 0.25) is 11.8 Å². The van der Waals surface area contributed by atoms with Gasteiger partial charge in [0.1, 0.15) is 6.04 Å². The number of carbonyl (C=O) groups excluding carboxylic acids is 2. The minimum atomic E-state index is -0.578. The van der Waals surface area contributed by atoms with E-state index in [1.807, 2.05) is 39.0 Å². The minimum Gasteiger partial charge on any atom is -0.352 e. The lowest BCUT2D eigenvalue weighted by atomic mass is 10.1. The van der Waals surface area contributed by atoms with E-state index in [4.69, 9.17) is 11.6 Å². The predicted octanol–water partition coefficient (Wildman–Crippen LogP) is 5.07. The van der Waals surface area contributed by atoms with Crippen molar-refractivity contribution in [2.75, 3.05) is 5.75 Å². The fourth-order valence-electron chi connectivity index (χ4n) is 2.83. The van der Waals surface area contributed by atoms with Gasteiger partial charge in [-0.3, -0.25) is 9.59 Å². The number of thioether (sulfide) groups is 1. The zero-order valence-corrected chi connectivity index (χ0v) is 19.0. The molecular weight excluding hydrogens is 404 g/mol. The molecule has 0 saturated heterocycles. The first kappa shape index (κ1) is 23.3. The van der Waals surface area contributed by atoms with E-state index in [9.17, 15) is 9.59 Å². The Morgan fingerprint density at radius 2 is 1.72 bits per heavy atom. The SMILES string of the molecule is Cc1ccc(SCCC(=O)N(Cc2ccccc2Cl)[C@@H](C)C(=O)NC(C)C)cc1. The Labute approximate surface area is 183 Å². The number of halogens is 1. The van der Waals surface area contributed by atoms with E-state index < -0.39 is 6.04 Å². The van der Waals surface area contributed by atoms with Crippen LogP contribution in [-0.2, 0) is 16.1 Å². The maximum Gasteiger partial charge on any atom is 0.242 e. The number of benzene rings is 2. The summed E-state index contributed by atoms with van der Waals surface area (Å²) in [5.74, 6) is 0.432. The molecule has 29 heavy (non-hydrogen) atoms. The van der Waals surface area contributed by atoms with Crippen molar-refractivity contribution in [1.82, 2.24) is 10.2 Å². The van der Waals surface area contributed by atoms with E-state index in [2.05, 4.69) is 29.6 Å². The molecule has 6 heteroatoms. The van der Waals surface area contributed by atoms with Gasteiger partial charge in [-0.25, -0.2) is 0 Å². The van der Waals surface area contributed by atoms with Gasteiger partial charge in [0.05, 0.1) is 0 Å². The van der Waals surface area contributed by atoms with E-state index in [1.165, 1.54) is 5.56 Å². The normalized spacial score (nSPS) is 11.9. The number of carbonyl (C=O) groups is 2. The van der Waals surface area contributed by atoms with E-state index in [1.54, 1.807) is 29.7 Å². The molecule has 0 aliphatic rings. The lowest BCUT2D eigenvalue weighted by Gasteiger charge is -2.29. The molecule has 2 aromatic rings. The molecule has 4 nitrogen and oxygen atoms in total. The van der Waals surface area contributed by atoms with Gasteiger partial charge < -0.3 is 10.2 Å². The Morgan fingerprint density at radius 1 is 1.07 bits per heavy atom. The summed E-state index contributed by atoms with van der Waals surface area (Å²) in [4.78, 5) is 28.3. The largest absolute Gasteiger partial charge is 0.352 e. The van der Waals surface area contributed by atoms with Crippen LogP contribution in [0.1, 0.15) is 38.3 Å². The van der Waals surface area contributed by atoms with Crippen molar-refractivity contribution in [1.29, 1.82) is 0 Å². The molecular formula is C23H29ClN2O2S. The average molecular weight is 433 g/mol. The molecule has 0 fully saturated rings. The number of hydrogen-bond donors (Lipinski definition) is 1. The second kappa shape index (κ2) is 11.3. The topological polar surface area (TPSA) is 49.4 Å². The van der Waals surface area contributed by atoms with Crippen LogP contribution in [0.2, 0.25) is 5.02 Å². The third kappa shape index (κ3) is 7.41. The molecule has 156 valence electrons. The van der Waals surface area contributed by atoms with Crippen LogP contribution < -0.4 is 5.32 Å². The first-order chi connectivity index (χ1) is 13.8. The number of nitrogens with one attached hydrogen (secondary N) is 1. The summed E-state index contributed by atoms with van der Waals surface area (Å²) in [5, 5.41) is 3.49. The summed E-state index contributed by atoms with van der Waals surface area (Å²) in [7, 11) is 0.